The number of hydrogen-bond donors (Lipinski definition) is 1. The highest BCUT2D eigenvalue weighted by molar-refractivity contribution is 5.81. The SMILES string of the molecule is CN(C)C1(c2cccc(F)c2)CCC2(CC1)C1NC3C=CC(F)=CC3C1C=CN2C(=O)Cc1ccccc1. The van der Waals surface area contributed by atoms with Gasteiger partial charge in [-0.25, -0.2) is 8.78 Å². The van der Waals surface area contributed by atoms with Crippen molar-refractivity contribution in [3.63, 3.8) is 0 Å². The predicted octanol–water partition coefficient (Wildman–Crippen LogP) is 5.49. The first kappa shape index (κ1) is 25.2. The van der Waals surface area contributed by atoms with Crippen LogP contribution in [0.5, 0.6) is 0 Å². The number of nitrogens with one attached hydrogen (secondary N) is 1. The molecule has 6 rings (SSSR count). The van der Waals surface area contributed by atoms with Gasteiger partial charge in [0.25, 0.3) is 0 Å². The lowest BCUT2D eigenvalue weighted by Crippen LogP contribution is -2.66. The maximum absolute atomic E-state index is 14.3. The molecule has 1 saturated heterocycles. The lowest BCUT2D eigenvalue weighted by Gasteiger charge is -2.57. The van der Waals surface area contributed by atoms with E-state index in [2.05, 4.69) is 30.4 Å². The molecule has 2 fully saturated rings. The van der Waals surface area contributed by atoms with E-state index in [4.69, 9.17) is 0 Å². The molecule has 1 saturated carbocycles. The minimum Gasteiger partial charge on any atom is -0.311 e. The van der Waals surface area contributed by atoms with Crippen LogP contribution in [0.1, 0.15) is 36.8 Å². The largest absolute Gasteiger partial charge is 0.311 e. The number of carbonyl (C=O) groups is 1. The summed E-state index contributed by atoms with van der Waals surface area (Å²) in [4.78, 5) is 18.1. The summed E-state index contributed by atoms with van der Waals surface area (Å²) in [6.07, 6.45) is 12.7. The zero-order valence-electron chi connectivity index (χ0n) is 22.0. The highest BCUT2D eigenvalue weighted by atomic mass is 19.1. The lowest BCUT2D eigenvalue weighted by atomic mass is 9.62. The van der Waals surface area contributed by atoms with Gasteiger partial charge >= 0.3 is 0 Å². The van der Waals surface area contributed by atoms with Crippen LogP contribution in [-0.2, 0) is 16.8 Å². The third kappa shape index (κ3) is 4.05. The molecule has 6 heteroatoms. The van der Waals surface area contributed by atoms with Crippen LogP contribution < -0.4 is 5.32 Å². The number of nitrogens with zero attached hydrogens (tertiary/aromatic N) is 2. The summed E-state index contributed by atoms with van der Waals surface area (Å²) >= 11 is 0. The third-order valence-corrected chi connectivity index (χ3v) is 9.57. The van der Waals surface area contributed by atoms with E-state index in [9.17, 15) is 13.6 Å². The molecule has 4 unspecified atom stereocenters. The number of amides is 1. The summed E-state index contributed by atoms with van der Waals surface area (Å²) in [5.74, 6) is -0.236. The van der Waals surface area contributed by atoms with Crippen LogP contribution in [0.15, 0.2) is 90.9 Å². The molecule has 0 bridgehead atoms. The number of allylic oxidation sites excluding steroid dienone is 2. The number of rotatable bonds is 4. The molecule has 2 aromatic rings. The van der Waals surface area contributed by atoms with Gasteiger partial charge in [0.05, 0.1) is 12.0 Å². The van der Waals surface area contributed by atoms with Crippen molar-refractivity contribution in [2.24, 2.45) is 11.8 Å². The minimum absolute atomic E-state index is 0.00157. The topological polar surface area (TPSA) is 35.6 Å². The van der Waals surface area contributed by atoms with Gasteiger partial charge in [-0.3, -0.25) is 9.69 Å². The van der Waals surface area contributed by atoms with Crippen molar-refractivity contribution < 1.29 is 13.6 Å². The molecule has 4 atom stereocenters. The maximum Gasteiger partial charge on any atom is 0.231 e. The molecule has 1 amide bonds. The second-order valence-electron chi connectivity index (χ2n) is 11.5. The van der Waals surface area contributed by atoms with Gasteiger partial charge in [0.15, 0.2) is 0 Å². The Labute approximate surface area is 223 Å². The minimum atomic E-state index is -0.451. The van der Waals surface area contributed by atoms with Gasteiger partial charge in [-0.2, -0.15) is 0 Å². The molecule has 2 heterocycles. The van der Waals surface area contributed by atoms with Gasteiger partial charge in [-0.15, -0.1) is 0 Å². The van der Waals surface area contributed by atoms with Crippen molar-refractivity contribution in [2.75, 3.05) is 14.1 Å². The van der Waals surface area contributed by atoms with Crippen LogP contribution >= 0.6 is 0 Å². The highest BCUT2D eigenvalue weighted by Gasteiger charge is 2.59. The Bertz CT molecular complexity index is 1290. The molecule has 0 aromatic heterocycles. The van der Waals surface area contributed by atoms with E-state index in [1.807, 2.05) is 53.6 Å². The van der Waals surface area contributed by atoms with E-state index in [0.717, 1.165) is 36.8 Å². The van der Waals surface area contributed by atoms with E-state index in [0.29, 0.717) is 6.42 Å². The molecule has 1 N–H and O–H groups in total. The van der Waals surface area contributed by atoms with E-state index in [-0.39, 0.29) is 47.0 Å². The number of benzene rings is 2. The van der Waals surface area contributed by atoms with Crippen molar-refractivity contribution in [3.8, 4) is 0 Å². The van der Waals surface area contributed by atoms with E-state index in [1.54, 1.807) is 24.3 Å². The van der Waals surface area contributed by atoms with Gasteiger partial charge in [0, 0.05) is 35.7 Å². The highest BCUT2D eigenvalue weighted by Crippen LogP contribution is 2.53. The monoisotopic (exact) mass is 515 g/mol. The zero-order chi connectivity index (χ0) is 26.5. The average Bonchev–Trinajstić information content (AvgIpc) is 3.29. The van der Waals surface area contributed by atoms with Crippen LogP contribution in [0.4, 0.5) is 8.78 Å². The molecule has 1 spiro atoms. The first-order chi connectivity index (χ1) is 18.3. The molecule has 2 aliphatic carbocycles. The standard InChI is InChI=1S/C32H35F2N3O/c1-36(2)31(23-9-6-10-24(33)20-23)14-16-32(17-15-31)30-26(27-21-25(34)11-12-28(27)35-30)13-18-37(32)29(38)19-22-7-4-3-5-8-22/h3-13,18,20-21,26-28,30,35H,14-17,19H2,1-2H3. The van der Waals surface area contributed by atoms with Crippen molar-refractivity contribution in [3.05, 3.63) is 108 Å². The Morgan fingerprint density at radius 3 is 2.47 bits per heavy atom. The Morgan fingerprint density at radius 1 is 1.00 bits per heavy atom. The first-order valence-corrected chi connectivity index (χ1v) is 13.6. The molecule has 2 aromatic carbocycles. The Morgan fingerprint density at radius 2 is 1.76 bits per heavy atom. The van der Waals surface area contributed by atoms with Gasteiger partial charge in [-0.05, 0) is 75.2 Å². The summed E-state index contributed by atoms with van der Waals surface area (Å²) in [6, 6.07) is 16.8. The fourth-order valence-corrected chi connectivity index (χ4v) is 7.57. The van der Waals surface area contributed by atoms with Crippen LogP contribution in [0.3, 0.4) is 0 Å². The molecular weight excluding hydrogens is 480 g/mol. The summed E-state index contributed by atoms with van der Waals surface area (Å²) in [5.41, 5.74) is 1.19. The maximum atomic E-state index is 14.3. The Balaban J connectivity index is 1.37. The fraction of sp³-hybridized carbons (Fsp3) is 0.406. The first-order valence-electron chi connectivity index (χ1n) is 13.6. The second-order valence-corrected chi connectivity index (χ2v) is 11.5. The second kappa shape index (κ2) is 9.58. The Kier molecular flexibility index (Phi) is 6.36. The zero-order valence-corrected chi connectivity index (χ0v) is 22.0. The van der Waals surface area contributed by atoms with Crippen molar-refractivity contribution in [1.29, 1.82) is 0 Å². The molecule has 2 aliphatic heterocycles. The van der Waals surface area contributed by atoms with Crippen LogP contribution in [0.2, 0.25) is 0 Å². The predicted molar refractivity (Wildman–Crippen MR) is 145 cm³/mol. The van der Waals surface area contributed by atoms with E-state index < -0.39 is 5.54 Å². The van der Waals surface area contributed by atoms with Crippen molar-refractivity contribution in [2.45, 2.75) is 55.3 Å². The molecule has 38 heavy (non-hydrogen) atoms. The number of carbonyl (C=O) groups excluding carboxylic acids is 1. The molecule has 0 radical (unpaired) electrons. The number of hydrogen-bond acceptors (Lipinski definition) is 3. The third-order valence-electron chi connectivity index (χ3n) is 9.57. The summed E-state index contributed by atoms with van der Waals surface area (Å²) < 4.78 is 28.6. The van der Waals surface area contributed by atoms with E-state index in [1.165, 1.54) is 6.07 Å². The van der Waals surface area contributed by atoms with E-state index >= 15 is 0 Å². The van der Waals surface area contributed by atoms with Gasteiger partial charge in [0.1, 0.15) is 11.6 Å². The van der Waals surface area contributed by atoms with Crippen molar-refractivity contribution >= 4 is 5.91 Å². The average molecular weight is 516 g/mol. The molecular formula is C32H35F2N3O. The van der Waals surface area contributed by atoms with Gasteiger partial charge in [-0.1, -0.05) is 54.6 Å². The van der Waals surface area contributed by atoms with Crippen LogP contribution in [-0.4, -0.2) is 47.4 Å². The fourth-order valence-electron chi connectivity index (χ4n) is 7.57. The van der Waals surface area contributed by atoms with Crippen molar-refractivity contribution in [1.82, 2.24) is 15.1 Å². The normalized spacial score (nSPS) is 33.8. The number of halogens is 2. The molecule has 198 valence electrons. The summed E-state index contributed by atoms with van der Waals surface area (Å²) in [6.45, 7) is 0. The van der Waals surface area contributed by atoms with Gasteiger partial charge in [0.2, 0.25) is 5.91 Å². The Hall–Kier alpha value is -3.09. The van der Waals surface area contributed by atoms with Crippen LogP contribution in [0, 0.1) is 17.7 Å². The number of fused-ring (bicyclic) bond motifs is 4. The van der Waals surface area contributed by atoms with Crippen LogP contribution in [0.25, 0.3) is 0 Å². The summed E-state index contributed by atoms with van der Waals surface area (Å²) in [5, 5.41) is 3.81. The molecule has 4 nitrogen and oxygen atoms in total. The molecule has 4 aliphatic rings. The quantitative estimate of drug-likeness (QED) is 0.585. The van der Waals surface area contributed by atoms with Gasteiger partial charge < -0.3 is 10.2 Å². The summed E-state index contributed by atoms with van der Waals surface area (Å²) in [7, 11) is 4.12. The smallest absolute Gasteiger partial charge is 0.231 e. The lowest BCUT2D eigenvalue weighted by molar-refractivity contribution is -0.138.